The zero-order valence-electron chi connectivity index (χ0n) is 13.7. The molecule has 0 spiro atoms. The highest BCUT2D eigenvalue weighted by atomic mass is 16.5. The monoisotopic (exact) mass is 296 g/mol. The van der Waals surface area contributed by atoms with Gasteiger partial charge in [-0.25, -0.2) is 0 Å². The van der Waals surface area contributed by atoms with Crippen molar-refractivity contribution in [2.24, 2.45) is 10.9 Å². The summed E-state index contributed by atoms with van der Waals surface area (Å²) < 4.78 is 5.62. The Labute approximate surface area is 129 Å². The normalized spacial score (nSPS) is 27.8. The number of ether oxygens (including phenoxy) is 1. The summed E-state index contributed by atoms with van der Waals surface area (Å²) in [6, 6.07) is 0. The molecule has 2 atom stereocenters. The fourth-order valence-electron chi connectivity index (χ4n) is 3.15. The smallest absolute Gasteiger partial charge is 0.191 e. The van der Waals surface area contributed by atoms with Gasteiger partial charge in [-0.15, -0.1) is 0 Å². The van der Waals surface area contributed by atoms with Crippen LogP contribution in [-0.2, 0) is 4.74 Å². The molecule has 0 aromatic heterocycles. The molecular weight excluding hydrogens is 264 g/mol. The highest BCUT2D eigenvalue weighted by molar-refractivity contribution is 5.79. The van der Waals surface area contributed by atoms with Gasteiger partial charge in [-0.05, 0) is 45.1 Å². The van der Waals surface area contributed by atoms with E-state index < -0.39 is 0 Å². The minimum atomic E-state index is 0.323. The Morgan fingerprint density at radius 2 is 2.19 bits per heavy atom. The number of nitrogens with one attached hydrogen (secondary N) is 2. The van der Waals surface area contributed by atoms with E-state index >= 15 is 0 Å². The SMILES string of the molecule is CCNC(=NCC1CCCO1)NCCN1CCCC(C)C1. The van der Waals surface area contributed by atoms with Gasteiger partial charge in [0.05, 0.1) is 12.6 Å². The number of piperidine rings is 1. The average Bonchev–Trinajstić information content (AvgIpc) is 2.98. The molecule has 5 nitrogen and oxygen atoms in total. The minimum absolute atomic E-state index is 0.323. The molecule has 122 valence electrons. The maximum Gasteiger partial charge on any atom is 0.191 e. The molecule has 0 amide bonds. The Bertz CT molecular complexity index is 315. The molecule has 2 N–H and O–H groups in total. The van der Waals surface area contributed by atoms with Crippen LogP contribution in [0.1, 0.15) is 39.5 Å². The summed E-state index contributed by atoms with van der Waals surface area (Å²) in [6.45, 7) is 11.6. The molecule has 0 aromatic carbocycles. The van der Waals surface area contributed by atoms with Crippen LogP contribution in [0.15, 0.2) is 4.99 Å². The van der Waals surface area contributed by atoms with Crippen molar-refractivity contribution >= 4 is 5.96 Å². The maximum absolute atomic E-state index is 5.62. The lowest BCUT2D eigenvalue weighted by molar-refractivity contribution is 0.117. The van der Waals surface area contributed by atoms with Gasteiger partial charge in [0.15, 0.2) is 5.96 Å². The molecule has 0 saturated carbocycles. The van der Waals surface area contributed by atoms with Gasteiger partial charge in [0.2, 0.25) is 0 Å². The summed E-state index contributed by atoms with van der Waals surface area (Å²) in [7, 11) is 0. The van der Waals surface area contributed by atoms with Gasteiger partial charge in [0.25, 0.3) is 0 Å². The summed E-state index contributed by atoms with van der Waals surface area (Å²) in [6.07, 6.45) is 5.37. The van der Waals surface area contributed by atoms with Crippen molar-refractivity contribution in [3.63, 3.8) is 0 Å². The second-order valence-electron chi connectivity index (χ2n) is 6.33. The Hall–Kier alpha value is -0.810. The van der Waals surface area contributed by atoms with Crippen molar-refractivity contribution in [1.82, 2.24) is 15.5 Å². The molecule has 2 heterocycles. The van der Waals surface area contributed by atoms with Crippen LogP contribution in [0, 0.1) is 5.92 Å². The zero-order valence-corrected chi connectivity index (χ0v) is 13.7. The highest BCUT2D eigenvalue weighted by Crippen LogP contribution is 2.14. The van der Waals surface area contributed by atoms with E-state index in [2.05, 4.69) is 34.4 Å². The van der Waals surface area contributed by atoms with Crippen LogP contribution in [0.3, 0.4) is 0 Å². The van der Waals surface area contributed by atoms with Gasteiger partial charge in [-0.2, -0.15) is 0 Å². The number of hydrogen-bond acceptors (Lipinski definition) is 3. The number of likely N-dealkylation sites (tertiary alicyclic amines) is 1. The van der Waals surface area contributed by atoms with E-state index in [4.69, 9.17) is 4.74 Å². The van der Waals surface area contributed by atoms with Crippen LogP contribution in [-0.4, -0.2) is 62.8 Å². The number of nitrogens with zero attached hydrogens (tertiary/aromatic N) is 2. The summed E-state index contributed by atoms with van der Waals surface area (Å²) in [5, 5.41) is 6.77. The summed E-state index contributed by atoms with van der Waals surface area (Å²) in [5.41, 5.74) is 0. The molecule has 2 aliphatic heterocycles. The third-order valence-electron chi connectivity index (χ3n) is 4.28. The van der Waals surface area contributed by atoms with Crippen molar-refractivity contribution in [1.29, 1.82) is 0 Å². The van der Waals surface area contributed by atoms with Gasteiger partial charge in [0, 0.05) is 32.8 Å². The fourth-order valence-corrected chi connectivity index (χ4v) is 3.15. The molecular formula is C16H32N4O. The largest absolute Gasteiger partial charge is 0.376 e. The minimum Gasteiger partial charge on any atom is -0.376 e. The van der Waals surface area contributed by atoms with Crippen LogP contribution in [0.4, 0.5) is 0 Å². The van der Waals surface area contributed by atoms with Gasteiger partial charge >= 0.3 is 0 Å². The number of rotatable bonds is 6. The van der Waals surface area contributed by atoms with Crippen molar-refractivity contribution in [3.8, 4) is 0 Å². The van der Waals surface area contributed by atoms with Crippen LogP contribution in [0.5, 0.6) is 0 Å². The Morgan fingerprint density at radius 3 is 2.90 bits per heavy atom. The third kappa shape index (κ3) is 6.22. The highest BCUT2D eigenvalue weighted by Gasteiger charge is 2.16. The lowest BCUT2D eigenvalue weighted by Gasteiger charge is -2.30. The molecule has 21 heavy (non-hydrogen) atoms. The number of aliphatic imine (C=N–C) groups is 1. The lowest BCUT2D eigenvalue weighted by Crippen LogP contribution is -2.44. The molecule has 2 fully saturated rings. The van der Waals surface area contributed by atoms with Crippen LogP contribution >= 0.6 is 0 Å². The van der Waals surface area contributed by atoms with E-state index in [-0.39, 0.29) is 0 Å². The molecule has 0 radical (unpaired) electrons. The molecule has 2 aliphatic rings. The third-order valence-corrected chi connectivity index (χ3v) is 4.28. The first-order valence-corrected chi connectivity index (χ1v) is 8.64. The van der Waals surface area contributed by atoms with E-state index in [9.17, 15) is 0 Å². The Kier molecular flexibility index (Phi) is 7.30. The number of guanidine groups is 1. The quantitative estimate of drug-likeness (QED) is 0.575. The molecule has 2 rings (SSSR count). The Morgan fingerprint density at radius 1 is 1.29 bits per heavy atom. The lowest BCUT2D eigenvalue weighted by atomic mass is 10.0. The maximum atomic E-state index is 5.62. The molecule has 2 unspecified atom stereocenters. The van der Waals surface area contributed by atoms with Crippen LogP contribution in [0.25, 0.3) is 0 Å². The fraction of sp³-hybridized carbons (Fsp3) is 0.938. The van der Waals surface area contributed by atoms with E-state index in [1.807, 2.05) is 0 Å². The van der Waals surface area contributed by atoms with Gasteiger partial charge in [-0.1, -0.05) is 6.92 Å². The molecule has 0 aliphatic carbocycles. The molecule has 0 aromatic rings. The molecule has 0 bridgehead atoms. The van der Waals surface area contributed by atoms with Crippen molar-refractivity contribution in [2.45, 2.75) is 45.6 Å². The van der Waals surface area contributed by atoms with Crippen molar-refractivity contribution < 1.29 is 4.74 Å². The van der Waals surface area contributed by atoms with Gasteiger partial charge < -0.3 is 20.3 Å². The van der Waals surface area contributed by atoms with Crippen LogP contribution < -0.4 is 10.6 Å². The summed E-state index contributed by atoms with van der Waals surface area (Å²) in [4.78, 5) is 7.20. The first-order chi connectivity index (χ1) is 10.3. The first-order valence-electron chi connectivity index (χ1n) is 8.64. The van der Waals surface area contributed by atoms with Gasteiger partial charge in [0.1, 0.15) is 0 Å². The standard InChI is InChI=1S/C16H32N4O/c1-3-17-16(19-12-15-7-5-11-21-15)18-8-10-20-9-4-6-14(2)13-20/h14-15H,3-13H2,1-2H3,(H2,17,18,19). The molecule has 2 saturated heterocycles. The molecule has 5 heteroatoms. The average molecular weight is 296 g/mol. The predicted molar refractivity (Wildman–Crippen MR) is 87.8 cm³/mol. The van der Waals surface area contributed by atoms with Crippen molar-refractivity contribution in [2.75, 3.05) is 45.9 Å². The zero-order chi connectivity index (χ0) is 14.9. The van der Waals surface area contributed by atoms with E-state index in [0.717, 1.165) is 51.1 Å². The van der Waals surface area contributed by atoms with E-state index in [1.54, 1.807) is 0 Å². The topological polar surface area (TPSA) is 48.9 Å². The van der Waals surface area contributed by atoms with Crippen LogP contribution in [0.2, 0.25) is 0 Å². The summed E-state index contributed by atoms with van der Waals surface area (Å²) >= 11 is 0. The Balaban J connectivity index is 1.67. The van der Waals surface area contributed by atoms with E-state index in [0.29, 0.717) is 6.10 Å². The summed E-state index contributed by atoms with van der Waals surface area (Å²) in [5.74, 6) is 1.78. The number of hydrogen-bond donors (Lipinski definition) is 2. The predicted octanol–water partition coefficient (Wildman–Crippen LogP) is 1.45. The first kappa shape index (κ1) is 16.6. The second kappa shape index (κ2) is 9.26. The van der Waals surface area contributed by atoms with Crippen molar-refractivity contribution in [3.05, 3.63) is 0 Å². The van der Waals surface area contributed by atoms with Gasteiger partial charge in [-0.3, -0.25) is 4.99 Å². The second-order valence-corrected chi connectivity index (χ2v) is 6.33. The van der Waals surface area contributed by atoms with E-state index in [1.165, 1.54) is 32.4 Å².